The number of carbonyl (C=O) groups excluding carboxylic acids is 4. The first-order chi connectivity index (χ1) is 49.4. The van der Waals surface area contributed by atoms with Gasteiger partial charge in [0, 0.05) is 25.7 Å². The minimum absolute atomic E-state index is 0.108. The number of aliphatic hydroxyl groups is 1. The molecule has 102 heavy (non-hydrogen) atoms. The SMILES string of the molecule is CCCCCCCCCCCCCCC(=O)OC[C@H](COP(=O)(O)OC[C@H](O)COP(=O)(O)OC[C@@H](COC(=O)CCCCCCCCCCCCCCCC(C)C)OC(=O)CCCCCCCCCCCCCCCCCCCCC(C)CC)OC(=O)CCCCCCCCCCCCCC. The smallest absolute Gasteiger partial charge is 0.462 e. The van der Waals surface area contributed by atoms with Crippen LogP contribution in [0.4, 0.5) is 0 Å². The molecule has 19 heteroatoms. The van der Waals surface area contributed by atoms with Crippen molar-refractivity contribution in [1.82, 2.24) is 0 Å². The average Bonchev–Trinajstić information content (AvgIpc) is 0.913. The van der Waals surface area contributed by atoms with E-state index in [9.17, 15) is 43.2 Å². The molecular formula is C83H162O17P2. The third-order valence-corrected chi connectivity index (χ3v) is 21.7. The van der Waals surface area contributed by atoms with E-state index in [0.717, 1.165) is 102 Å². The molecule has 0 aromatic carbocycles. The highest BCUT2D eigenvalue weighted by Crippen LogP contribution is 2.45. The summed E-state index contributed by atoms with van der Waals surface area (Å²) in [5.41, 5.74) is 0. The van der Waals surface area contributed by atoms with Crippen molar-refractivity contribution < 1.29 is 80.2 Å². The van der Waals surface area contributed by atoms with Gasteiger partial charge in [-0.3, -0.25) is 37.3 Å². The number of phosphoric ester groups is 2. The minimum Gasteiger partial charge on any atom is -0.462 e. The van der Waals surface area contributed by atoms with Gasteiger partial charge >= 0.3 is 39.5 Å². The van der Waals surface area contributed by atoms with Crippen molar-refractivity contribution in [3.8, 4) is 0 Å². The zero-order valence-electron chi connectivity index (χ0n) is 66.9. The number of carbonyl (C=O) groups is 4. The maximum Gasteiger partial charge on any atom is 0.472 e. The third kappa shape index (κ3) is 74.9. The van der Waals surface area contributed by atoms with Crippen LogP contribution in [0.25, 0.3) is 0 Å². The second-order valence-electron chi connectivity index (χ2n) is 30.6. The fourth-order valence-electron chi connectivity index (χ4n) is 12.9. The van der Waals surface area contributed by atoms with E-state index in [-0.39, 0.29) is 25.7 Å². The first kappa shape index (κ1) is 100. The van der Waals surface area contributed by atoms with Gasteiger partial charge < -0.3 is 33.8 Å². The summed E-state index contributed by atoms with van der Waals surface area (Å²) in [5.74, 6) is -0.442. The fourth-order valence-corrected chi connectivity index (χ4v) is 14.4. The van der Waals surface area contributed by atoms with Crippen LogP contribution in [-0.4, -0.2) is 96.7 Å². The fraction of sp³-hybridized carbons (Fsp3) is 0.952. The molecule has 0 saturated heterocycles. The van der Waals surface area contributed by atoms with Crippen molar-refractivity contribution in [2.45, 2.75) is 458 Å². The van der Waals surface area contributed by atoms with E-state index < -0.39 is 97.5 Å². The lowest BCUT2D eigenvalue weighted by Gasteiger charge is -2.21. The van der Waals surface area contributed by atoms with Gasteiger partial charge in [-0.05, 0) is 37.5 Å². The van der Waals surface area contributed by atoms with Crippen molar-refractivity contribution in [1.29, 1.82) is 0 Å². The van der Waals surface area contributed by atoms with Crippen LogP contribution in [0.5, 0.6) is 0 Å². The zero-order valence-corrected chi connectivity index (χ0v) is 68.7. The highest BCUT2D eigenvalue weighted by Gasteiger charge is 2.30. The molecule has 0 amide bonds. The molecule has 0 radical (unpaired) electrons. The second kappa shape index (κ2) is 74.5. The Morgan fingerprint density at radius 2 is 0.500 bits per heavy atom. The number of unbranched alkanes of at least 4 members (excludes halogenated alkanes) is 51. The summed E-state index contributed by atoms with van der Waals surface area (Å²) in [7, 11) is -9.92. The molecule has 0 aliphatic rings. The Labute approximate surface area is 626 Å². The Bertz CT molecular complexity index is 1960. The quantitative estimate of drug-likeness (QED) is 0.0222. The summed E-state index contributed by atoms with van der Waals surface area (Å²) in [6.45, 7) is 9.73. The molecule has 0 aromatic rings. The van der Waals surface area contributed by atoms with Gasteiger partial charge in [0.2, 0.25) is 0 Å². The van der Waals surface area contributed by atoms with Crippen LogP contribution in [0.15, 0.2) is 0 Å². The van der Waals surface area contributed by atoms with Crippen molar-refractivity contribution in [3.05, 3.63) is 0 Å². The van der Waals surface area contributed by atoms with Crippen molar-refractivity contribution in [2.24, 2.45) is 11.8 Å². The summed E-state index contributed by atoms with van der Waals surface area (Å²) in [5, 5.41) is 10.7. The van der Waals surface area contributed by atoms with Gasteiger partial charge in [-0.2, -0.15) is 0 Å². The largest absolute Gasteiger partial charge is 0.472 e. The molecule has 0 heterocycles. The number of rotatable bonds is 82. The van der Waals surface area contributed by atoms with Crippen LogP contribution in [-0.2, 0) is 65.4 Å². The van der Waals surface area contributed by atoms with Gasteiger partial charge in [-0.1, -0.05) is 388 Å². The Hall–Kier alpha value is -1.94. The summed E-state index contributed by atoms with van der Waals surface area (Å²) in [6.07, 6.45) is 65.1. The number of phosphoric acid groups is 2. The molecular weight excluding hydrogens is 1330 g/mol. The molecule has 0 aliphatic carbocycles. The van der Waals surface area contributed by atoms with Gasteiger partial charge in [0.1, 0.15) is 19.3 Å². The van der Waals surface area contributed by atoms with E-state index in [1.165, 1.54) is 257 Å². The monoisotopic (exact) mass is 1490 g/mol. The second-order valence-corrected chi connectivity index (χ2v) is 33.5. The Morgan fingerprint density at radius 3 is 0.745 bits per heavy atom. The first-order valence-electron chi connectivity index (χ1n) is 43.0. The molecule has 6 atom stereocenters. The molecule has 0 aliphatic heterocycles. The average molecular weight is 1490 g/mol. The molecule has 0 bridgehead atoms. The molecule has 17 nitrogen and oxygen atoms in total. The summed E-state index contributed by atoms with van der Waals surface area (Å²) >= 11 is 0. The van der Waals surface area contributed by atoms with Crippen LogP contribution in [0.3, 0.4) is 0 Å². The lowest BCUT2D eigenvalue weighted by Crippen LogP contribution is -2.30. The molecule has 3 N–H and O–H groups in total. The van der Waals surface area contributed by atoms with E-state index >= 15 is 0 Å². The van der Waals surface area contributed by atoms with Crippen molar-refractivity contribution in [2.75, 3.05) is 39.6 Å². The Morgan fingerprint density at radius 1 is 0.284 bits per heavy atom. The van der Waals surface area contributed by atoms with Gasteiger partial charge in [0.15, 0.2) is 12.2 Å². The Kier molecular flexibility index (Phi) is 73.1. The highest BCUT2D eigenvalue weighted by molar-refractivity contribution is 7.47. The molecule has 606 valence electrons. The zero-order chi connectivity index (χ0) is 74.9. The number of esters is 4. The van der Waals surface area contributed by atoms with Crippen LogP contribution >= 0.6 is 15.6 Å². The maximum absolute atomic E-state index is 13.1. The lowest BCUT2D eigenvalue weighted by molar-refractivity contribution is -0.161. The van der Waals surface area contributed by atoms with E-state index in [1.807, 2.05) is 0 Å². The van der Waals surface area contributed by atoms with E-state index in [0.29, 0.717) is 25.7 Å². The third-order valence-electron chi connectivity index (χ3n) is 19.8. The Balaban J connectivity index is 5.22. The van der Waals surface area contributed by atoms with E-state index in [2.05, 4.69) is 41.5 Å². The summed E-state index contributed by atoms with van der Waals surface area (Å²) < 4.78 is 68.8. The van der Waals surface area contributed by atoms with Gasteiger partial charge in [0.05, 0.1) is 26.4 Å². The van der Waals surface area contributed by atoms with Crippen molar-refractivity contribution in [3.63, 3.8) is 0 Å². The topological polar surface area (TPSA) is 237 Å². The predicted octanol–water partition coefficient (Wildman–Crippen LogP) is 25.1. The van der Waals surface area contributed by atoms with Crippen LogP contribution in [0.2, 0.25) is 0 Å². The van der Waals surface area contributed by atoms with Crippen LogP contribution in [0.1, 0.15) is 440 Å². The normalized spacial score (nSPS) is 14.1. The van der Waals surface area contributed by atoms with Gasteiger partial charge in [-0.15, -0.1) is 0 Å². The molecule has 0 rings (SSSR count). The first-order valence-corrected chi connectivity index (χ1v) is 46.0. The molecule has 0 saturated carbocycles. The van der Waals surface area contributed by atoms with Crippen LogP contribution in [0, 0.1) is 11.8 Å². The summed E-state index contributed by atoms with van der Waals surface area (Å²) in [6, 6.07) is 0. The van der Waals surface area contributed by atoms with Crippen LogP contribution < -0.4 is 0 Å². The number of aliphatic hydroxyl groups excluding tert-OH is 1. The highest BCUT2D eigenvalue weighted by atomic mass is 31.2. The number of ether oxygens (including phenoxy) is 4. The number of hydrogen-bond donors (Lipinski definition) is 3. The van der Waals surface area contributed by atoms with Gasteiger partial charge in [0.25, 0.3) is 0 Å². The molecule has 0 spiro atoms. The minimum atomic E-state index is -4.96. The van der Waals surface area contributed by atoms with E-state index in [4.69, 9.17) is 37.0 Å². The maximum atomic E-state index is 13.1. The lowest BCUT2D eigenvalue weighted by atomic mass is 9.99. The number of hydrogen-bond acceptors (Lipinski definition) is 15. The van der Waals surface area contributed by atoms with E-state index in [1.54, 1.807) is 0 Å². The van der Waals surface area contributed by atoms with Crippen molar-refractivity contribution >= 4 is 39.5 Å². The predicted molar refractivity (Wildman–Crippen MR) is 418 cm³/mol. The molecule has 0 aromatic heterocycles. The molecule has 3 unspecified atom stereocenters. The standard InChI is InChI=1S/C83H162O17P2/c1-7-10-12-14-16-18-20-35-41-47-53-59-65-80(85)93-71-78(99-82(87)67-61-55-49-43-36-21-19-17-15-13-11-8-2)73-97-101(89,90)95-69-77(84)70-96-102(91,92)98-74-79(72-94-81(86)66-60-54-48-42-37-32-28-29-33-39-45-51-57-63-75(4)5)100-83(88)68-62-56-50-44-38-31-27-25-23-22-24-26-30-34-40-46-52-58-64-76(6)9-3/h75-79,84H,7-74H2,1-6H3,(H,89,90)(H,91,92)/t76?,77-,78+,79+/m0/s1. The molecule has 0 fully saturated rings. The van der Waals surface area contributed by atoms with Gasteiger partial charge in [-0.25, -0.2) is 9.13 Å². The summed E-state index contributed by atoms with van der Waals surface area (Å²) in [4.78, 5) is 73.1.